The minimum absolute atomic E-state index is 0.174. The van der Waals surface area contributed by atoms with Gasteiger partial charge in [0, 0.05) is 18.3 Å². The van der Waals surface area contributed by atoms with Gasteiger partial charge in [0.25, 0.3) is 0 Å². The number of aromatic nitrogens is 6. The summed E-state index contributed by atoms with van der Waals surface area (Å²) in [7, 11) is 0. The molecule has 0 aliphatic carbocycles. The Kier molecular flexibility index (Phi) is 2.52. The number of halogens is 1. The second kappa shape index (κ2) is 4.06. The minimum atomic E-state index is 0.174. The van der Waals surface area contributed by atoms with Gasteiger partial charge in [0.1, 0.15) is 11.3 Å². The number of imidazole rings is 2. The first-order chi connectivity index (χ1) is 8.66. The molecule has 7 heteroatoms. The second-order valence-electron chi connectivity index (χ2n) is 4.23. The van der Waals surface area contributed by atoms with Crippen LogP contribution in [-0.2, 0) is 0 Å². The third-order valence-electron chi connectivity index (χ3n) is 2.65. The average Bonchev–Trinajstić information content (AvgIpc) is 2.95. The Bertz CT molecular complexity index is 698. The van der Waals surface area contributed by atoms with E-state index in [1.54, 1.807) is 12.5 Å². The molecule has 18 heavy (non-hydrogen) atoms. The molecule has 0 amide bonds. The van der Waals surface area contributed by atoms with Gasteiger partial charge in [-0.1, -0.05) is 13.8 Å². The Morgan fingerprint density at radius 2 is 2.11 bits per heavy atom. The molecule has 0 atom stereocenters. The van der Waals surface area contributed by atoms with Gasteiger partial charge in [0.15, 0.2) is 11.5 Å². The molecule has 0 unspecified atom stereocenters. The van der Waals surface area contributed by atoms with E-state index in [1.807, 2.05) is 10.8 Å². The van der Waals surface area contributed by atoms with Crippen molar-refractivity contribution in [3.8, 4) is 5.82 Å². The number of rotatable bonds is 2. The Hall–Kier alpha value is -1.95. The first-order valence-corrected chi connectivity index (χ1v) is 5.95. The van der Waals surface area contributed by atoms with Crippen molar-refractivity contribution < 1.29 is 0 Å². The van der Waals surface area contributed by atoms with Crippen molar-refractivity contribution in [1.29, 1.82) is 0 Å². The van der Waals surface area contributed by atoms with E-state index in [4.69, 9.17) is 11.6 Å². The highest BCUT2D eigenvalue weighted by molar-refractivity contribution is 6.28. The number of aromatic amines is 1. The number of H-pyrrole nitrogens is 1. The van der Waals surface area contributed by atoms with Gasteiger partial charge in [-0.2, -0.15) is 9.97 Å². The molecule has 6 nitrogen and oxygen atoms in total. The van der Waals surface area contributed by atoms with Crippen LogP contribution in [0.3, 0.4) is 0 Å². The monoisotopic (exact) mass is 262 g/mol. The van der Waals surface area contributed by atoms with Crippen molar-refractivity contribution in [3.05, 3.63) is 29.8 Å². The van der Waals surface area contributed by atoms with Gasteiger partial charge in [-0.25, -0.2) is 9.97 Å². The molecular weight excluding hydrogens is 252 g/mol. The lowest BCUT2D eigenvalue weighted by molar-refractivity contribution is 0.745. The van der Waals surface area contributed by atoms with Gasteiger partial charge in [-0.15, -0.1) is 0 Å². The van der Waals surface area contributed by atoms with E-state index in [9.17, 15) is 0 Å². The Morgan fingerprint density at radius 3 is 2.89 bits per heavy atom. The maximum absolute atomic E-state index is 5.92. The van der Waals surface area contributed by atoms with E-state index in [0.29, 0.717) is 11.5 Å². The van der Waals surface area contributed by atoms with E-state index in [2.05, 4.69) is 38.8 Å². The zero-order chi connectivity index (χ0) is 12.7. The van der Waals surface area contributed by atoms with Crippen LogP contribution in [-0.4, -0.2) is 29.5 Å². The van der Waals surface area contributed by atoms with Crippen molar-refractivity contribution in [1.82, 2.24) is 29.5 Å². The largest absolute Gasteiger partial charge is 0.340 e. The van der Waals surface area contributed by atoms with E-state index in [0.717, 1.165) is 11.3 Å². The number of nitrogens with zero attached hydrogens (tertiary/aromatic N) is 5. The van der Waals surface area contributed by atoms with Crippen molar-refractivity contribution in [3.63, 3.8) is 0 Å². The SMILES string of the molecule is CC(C)c1nccn1-c1nc(Cl)nc2nc[nH]c12. The molecule has 0 saturated carbocycles. The molecule has 3 rings (SSSR count). The second-order valence-corrected chi connectivity index (χ2v) is 4.57. The molecule has 3 aromatic heterocycles. The highest BCUT2D eigenvalue weighted by atomic mass is 35.5. The lowest BCUT2D eigenvalue weighted by Gasteiger charge is -2.09. The quantitative estimate of drug-likeness (QED) is 0.720. The topological polar surface area (TPSA) is 72.3 Å². The molecule has 0 saturated heterocycles. The summed E-state index contributed by atoms with van der Waals surface area (Å²) in [5.74, 6) is 1.87. The minimum Gasteiger partial charge on any atom is -0.340 e. The molecule has 0 aliphatic rings. The lowest BCUT2D eigenvalue weighted by atomic mass is 10.2. The van der Waals surface area contributed by atoms with Crippen LogP contribution in [0, 0.1) is 0 Å². The summed E-state index contributed by atoms with van der Waals surface area (Å²) in [5.41, 5.74) is 1.30. The fourth-order valence-electron chi connectivity index (χ4n) is 1.89. The molecule has 1 N–H and O–H groups in total. The summed E-state index contributed by atoms with van der Waals surface area (Å²) in [5, 5.41) is 0.174. The summed E-state index contributed by atoms with van der Waals surface area (Å²) in [6.07, 6.45) is 5.17. The number of nitrogens with one attached hydrogen (secondary N) is 1. The Morgan fingerprint density at radius 1 is 1.28 bits per heavy atom. The van der Waals surface area contributed by atoms with Crippen molar-refractivity contribution in [2.75, 3.05) is 0 Å². The molecule has 0 aromatic carbocycles. The van der Waals surface area contributed by atoms with Crippen LogP contribution >= 0.6 is 11.6 Å². The third-order valence-corrected chi connectivity index (χ3v) is 2.82. The number of fused-ring (bicyclic) bond motifs is 1. The number of hydrogen-bond donors (Lipinski definition) is 1. The predicted molar refractivity (Wildman–Crippen MR) is 67.9 cm³/mol. The summed E-state index contributed by atoms with van der Waals surface area (Å²) < 4.78 is 1.90. The van der Waals surface area contributed by atoms with Crippen LogP contribution in [0.5, 0.6) is 0 Å². The molecule has 0 fully saturated rings. The first-order valence-electron chi connectivity index (χ1n) is 5.57. The van der Waals surface area contributed by atoms with Gasteiger partial charge >= 0.3 is 0 Å². The predicted octanol–water partition coefficient (Wildman–Crippen LogP) is 2.32. The van der Waals surface area contributed by atoms with Gasteiger partial charge < -0.3 is 4.98 Å². The molecule has 0 radical (unpaired) electrons. The summed E-state index contributed by atoms with van der Waals surface area (Å²) in [4.78, 5) is 19.8. The van der Waals surface area contributed by atoms with Crippen LogP contribution in [0.1, 0.15) is 25.6 Å². The normalized spacial score (nSPS) is 11.6. The van der Waals surface area contributed by atoms with Crippen molar-refractivity contribution >= 4 is 22.8 Å². The van der Waals surface area contributed by atoms with E-state index < -0.39 is 0 Å². The standard InChI is InChI=1S/C11H11ClN6/c1-6(2)9-13-3-4-18(9)10-7-8(15-5-14-7)16-11(12)17-10/h3-6H,1-2H3,(H,14,15,16,17). The first kappa shape index (κ1) is 11.2. The highest BCUT2D eigenvalue weighted by Gasteiger charge is 2.15. The summed E-state index contributed by atoms with van der Waals surface area (Å²) in [6.45, 7) is 4.15. The van der Waals surface area contributed by atoms with Crippen molar-refractivity contribution in [2.24, 2.45) is 0 Å². The maximum atomic E-state index is 5.92. The fourth-order valence-corrected chi connectivity index (χ4v) is 2.05. The van der Waals surface area contributed by atoms with Gasteiger partial charge in [0.05, 0.1) is 6.33 Å². The van der Waals surface area contributed by atoms with E-state index >= 15 is 0 Å². The van der Waals surface area contributed by atoms with Gasteiger partial charge in [-0.05, 0) is 11.6 Å². The molecule has 92 valence electrons. The van der Waals surface area contributed by atoms with Crippen LogP contribution in [0.15, 0.2) is 18.7 Å². The third kappa shape index (κ3) is 1.65. The van der Waals surface area contributed by atoms with Crippen LogP contribution in [0.25, 0.3) is 17.0 Å². The molecule has 3 aromatic rings. The van der Waals surface area contributed by atoms with Crippen LogP contribution < -0.4 is 0 Å². The van der Waals surface area contributed by atoms with E-state index in [-0.39, 0.29) is 11.2 Å². The maximum Gasteiger partial charge on any atom is 0.226 e. The Balaban J connectivity index is 2.30. The lowest BCUT2D eigenvalue weighted by Crippen LogP contribution is -2.06. The molecule has 0 aliphatic heterocycles. The fraction of sp³-hybridized carbons (Fsp3) is 0.273. The smallest absolute Gasteiger partial charge is 0.226 e. The molecule has 0 bridgehead atoms. The Labute approximate surface area is 108 Å². The summed E-state index contributed by atoms with van der Waals surface area (Å²) in [6, 6.07) is 0. The van der Waals surface area contributed by atoms with Gasteiger partial charge in [0.2, 0.25) is 5.28 Å². The van der Waals surface area contributed by atoms with Crippen LogP contribution in [0.2, 0.25) is 5.28 Å². The van der Waals surface area contributed by atoms with E-state index in [1.165, 1.54) is 0 Å². The zero-order valence-electron chi connectivity index (χ0n) is 9.92. The molecule has 0 spiro atoms. The van der Waals surface area contributed by atoms with Crippen LogP contribution in [0.4, 0.5) is 0 Å². The molecule has 3 heterocycles. The zero-order valence-corrected chi connectivity index (χ0v) is 10.7. The average molecular weight is 263 g/mol. The number of hydrogen-bond acceptors (Lipinski definition) is 4. The summed E-state index contributed by atoms with van der Waals surface area (Å²) >= 11 is 5.92. The van der Waals surface area contributed by atoms with Crippen molar-refractivity contribution in [2.45, 2.75) is 19.8 Å². The highest BCUT2D eigenvalue weighted by Crippen LogP contribution is 2.22. The molecular formula is C11H11ClN6. The van der Waals surface area contributed by atoms with Gasteiger partial charge in [-0.3, -0.25) is 4.57 Å².